The Morgan fingerprint density at radius 1 is 1.10 bits per heavy atom. The van der Waals surface area contributed by atoms with Crippen LogP contribution in [0.25, 0.3) is 0 Å². The predicted octanol–water partition coefficient (Wildman–Crippen LogP) is 5.38. The highest BCUT2D eigenvalue weighted by Crippen LogP contribution is 2.30. The molecule has 20 heavy (non-hydrogen) atoms. The molecule has 0 aliphatic carbocycles. The van der Waals surface area contributed by atoms with Gasteiger partial charge in [-0.1, -0.05) is 37.0 Å². The fraction of sp³-hybridized carbons (Fsp3) is 0.333. The van der Waals surface area contributed by atoms with Gasteiger partial charge in [0, 0.05) is 10.9 Å². The van der Waals surface area contributed by atoms with Crippen LogP contribution in [0.3, 0.4) is 0 Å². The first kappa shape index (κ1) is 15.8. The van der Waals surface area contributed by atoms with Gasteiger partial charge in [-0.2, -0.15) is 0 Å². The standard InChI is InChI=1S/C15H17Cl2NOS/c1-10(2)18-8-11-3-4-12(19-11)9-20-13-5-6-14(16)15(17)7-13/h3-7,10,18H,8-9H2,1-2H3. The minimum absolute atomic E-state index is 0.453. The highest BCUT2D eigenvalue weighted by Gasteiger charge is 2.05. The summed E-state index contributed by atoms with van der Waals surface area (Å²) in [6.45, 7) is 4.99. The summed E-state index contributed by atoms with van der Waals surface area (Å²) in [4.78, 5) is 1.08. The van der Waals surface area contributed by atoms with Crippen molar-refractivity contribution in [2.75, 3.05) is 0 Å². The van der Waals surface area contributed by atoms with Gasteiger partial charge in [0.25, 0.3) is 0 Å². The lowest BCUT2D eigenvalue weighted by Crippen LogP contribution is -2.21. The van der Waals surface area contributed by atoms with Crippen molar-refractivity contribution in [1.82, 2.24) is 5.32 Å². The van der Waals surface area contributed by atoms with Gasteiger partial charge in [0.05, 0.1) is 22.3 Å². The molecule has 1 aromatic heterocycles. The summed E-state index contributed by atoms with van der Waals surface area (Å²) in [5, 5.41) is 4.49. The summed E-state index contributed by atoms with van der Waals surface area (Å²) < 4.78 is 5.77. The lowest BCUT2D eigenvalue weighted by Gasteiger charge is -2.05. The minimum Gasteiger partial charge on any atom is -0.464 e. The van der Waals surface area contributed by atoms with Crippen LogP contribution in [0.1, 0.15) is 25.4 Å². The first-order chi connectivity index (χ1) is 9.54. The van der Waals surface area contributed by atoms with Crippen LogP contribution < -0.4 is 5.32 Å². The molecule has 0 aliphatic rings. The molecule has 0 spiro atoms. The Balaban J connectivity index is 1.89. The zero-order valence-corrected chi connectivity index (χ0v) is 13.8. The molecule has 0 amide bonds. The normalized spacial score (nSPS) is 11.2. The molecule has 0 radical (unpaired) electrons. The molecular formula is C15H17Cl2NOS. The second-order valence-corrected chi connectivity index (χ2v) is 6.63. The molecule has 1 N–H and O–H groups in total. The third-order valence-electron chi connectivity index (χ3n) is 2.67. The molecule has 2 nitrogen and oxygen atoms in total. The highest BCUT2D eigenvalue weighted by atomic mass is 35.5. The van der Waals surface area contributed by atoms with Crippen molar-refractivity contribution in [2.45, 2.75) is 37.1 Å². The Morgan fingerprint density at radius 2 is 1.85 bits per heavy atom. The van der Waals surface area contributed by atoms with Crippen LogP contribution in [0.4, 0.5) is 0 Å². The molecule has 108 valence electrons. The van der Waals surface area contributed by atoms with Crippen molar-refractivity contribution < 1.29 is 4.42 Å². The zero-order valence-electron chi connectivity index (χ0n) is 11.5. The van der Waals surface area contributed by atoms with Gasteiger partial charge in [0.2, 0.25) is 0 Å². The summed E-state index contributed by atoms with van der Waals surface area (Å²) in [6, 6.07) is 10.1. The van der Waals surface area contributed by atoms with Gasteiger partial charge >= 0.3 is 0 Å². The Bertz CT molecular complexity index is 569. The Kier molecular flexibility index (Phi) is 5.85. The molecule has 2 rings (SSSR count). The van der Waals surface area contributed by atoms with Gasteiger partial charge in [-0.15, -0.1) is 11.8 Å². The quantitative estimate of drug-likeness (QED) is 0.720. The van der Waals surface area contributed by atoms with Crippen molar-refractivity contribution in [3.05, 3.63) is 51.9 Å². The summed E-state index contributed by atoms with van der Waals surface area (Å²) in [5.74, 6) is 2.70. The van der Waals surface area contributed by atoms with E-state index in [9.17, 15) is 0 Å². The maximum atomic E-state index is 5.99. The van der Waals surface area contributed by atoms with Gasteiger partial charge in [-0.25, -0.2) is 0 Å². The van der Waals surface area contributed by atoms with E-state index < -0.39 is 0 Å². The molecule has 0 saturated heterocycles. The van der Waals surface area contributed by atoms with Gasteiger partial charge in [-0.05, 0) is 30.3 Å². The van der Waals surface area contributed by atoms with Crippen molar-refractivity contribution in [3.8, 4) is 0 Å². The molecular weight excluding hydrogens is 313 g/mol. The smallest absolute Gasteiger partial charge is 0.118 e. The maximum absolute atomic E-state index is 5.99. The zero-order chi connectivity index (χ0) is 14.5. The molecule has 2 aromatic rings. The van der Waals surface area contributed by atoms with E-state index in [2.05, 4.69) is 19.2 Å². The van der Waals surface area contributed by atoms with E-state index in [0.717, 1.165) is 28.7 Å². The van der Waals surface area contributed by atoms with E-state index in [-0.39, 0.29) is 0 Å². The summed E-state index contributed by atoms with van der Waals surface area (Å²) in [5.41, 5.74) is 0. The van der Waals surface area contributed by atoms with Gasteiger partial charge in [0.1, 0.15) is 11.5 Å². The van der Waals surface area contributed by atoms with Crippen LogP contribution in [0.15, 0.2) is 39.6 Å². The van der Waals surface area contributed by atoms with E-state index in [4.69, 9.17) is 27.6 Å². The molecule has 0 bridgehead atoms. The minimum atomic E-state index is 0.453. The van der Waals surface area contributed by atoms with Crippen molar-refractivity contribution >= 4 is 35.0 Å². The van der Waals surface area contributed by atoms with Crippen LogP contribution in [0, 0.1) is 0 Å². The average molecular weight is 330 g/mol. The highest BCUT2D eigenvalue weighted by molar-refractivity contribution is 7.98. The van der Waals surface area contributed by atoms with Crippen molar-refractivity contribution in [2.24, 2.45) is 0 Å². The lowest BCUT2D eigenvalue weighted by molar-refractivity contribution is 0.445. The summed E-state index contributed by atoms with van der Waals surface area (Å²) >= 11 is 13.6. The molecule has 1 heterocycles. The van der Waals surface area contributed by atoms with Crippen LogP contribution >= 0.6 is 35.0 Å². The van der Waals surface area contributed by atoms with Gasteiger partial charge in [-0.3, -0.25) is 0 Å². The fourth-order valence-electron chi connectivity index (χ4n) is 1.62. The van der Waals surface area contributed by atoms with Crippen LogP contribution in [-0.2, 0) is 12.3 Å². The van der Waals surface area contributed by atoms with E-state index >= 15 is 0 Å². The number of hydrogen-bond acceptors (Lipinski definition) is 3. The number of nitrogens with one attached hydrogen (secondary N) is 1. The molecule has 0 aliphatic heterocycles. The monoisotopic (exact) mass is 329 g/mol. The lowest BCUT2D eigenvalue weighted by atomic mass is 10.3. The largest absolute Gasteiger partial charge is 0.464 e. The van der Waals surface area contributed by atoms with Crippen LogP contribution in [0.5, 0.6) is 0 Å². The topological polar surface area (TPSA) is 25.2 Å². The van der Waals surface area contributed by atoms with Crippen LogP contribution in [-0.4, -0.2) is 6.04 Å². The third kappa shape index (κ3) is 4.74. The number of halogens is 2. The molecule has 1 aromatic carbocycles. The summed E-state index contributed by atoms with van der Waals surface area (Å²) in [7, 11) is 0. The summed E-state index contributed by atoms with van der Waals surface area (Å²) in [6.07, 6.45) is 0. The van der Waals surface area contributed by atoms with Crippen molar-refractivity contribution in [3.63, 3.8) is 0 Å². The number of hydrogen-bond donors (Lipinski definition) is 1. The number of benzene rings is 1. The Labute approximate surface area is 133 Å². The van der Waals surface area contributed by atoms with E-state index in [1.165, 1.54) is 0 Å². The second kappa shape index (κ2) is 7.41. The SMILES string of the molecule is CC(C)NCc1ccc(CSc2ccc(Cl)c(Cl)c2)o1. The average Bonchev–Trinajstić information content (AvgIpc) is 2.86. The first-order valence-electron chi connectivity index (χ1n) is 6.43. The maximum Gasteiger partial charge on any atom is 0.118 e. The van der Waals surface area contributed by atoms with E-state index in [1.807, 2.05) is 30.3 Å². The number of furan rings is 1. The Hall–Kier alpha value is -0.610. The van der Waals surface area contributed by atoms with Gasteiger partial charge in [0.15, 0.2) is 0 Å². The number of rotatable bonds is 6. The molecule has 0 saturated carbocycles. The van der Waals surface area contributed by atoms with E-state index in [0.29, 0.717) is 16.1 Å². The Morgan fingerprint density at radius 3 is 2.55 bits per heavy atom. The van der Waals surface area contributed by atoms with E-state index in [1.54, 1.807) is 11.8 Å². The molecule has 0 fully saturated rings. The molecule has 0 unspecified atom stereocenters. The fourth-order valence-corrected chi connectivity index (χ4v) is 2.81. The molecule has 5 heteroatoms. The van der Waals surface area contributed by atoms with Gasteiger partial charge < -0.3 is 9.73 Å². The van der Waals surface area contributed by atoms with Crippen molar-refractivity contribution in [1.29, 1.82) is 0 Å². The first-order valence-corrected chi connectivity index (χ1v) is 8.17. The second-order valence-electron chi connectivity index (χ2n) is 4.77. The van der Waals surface area contributed by atoms with Crippen LogP contribution in [0.2, 0.25) is 10.0 Å². The predicted molar refractivity (Wildman–Crippen MR) is 86.7 cm³/mol. The number of thioether (sulfide) groups is 1. The molecule has 0 atom stereocenters. The third-order valence-corrected chi connectivity index (χ3v) is 4.43.